The number of nitrogens with zero attached hydrogens (tertiary/aromatic N) is 1. The first kappa shape index (κ1) is 83.4. The number of carbonyl (C=O) groups excluding carboxylic acids is 2. The molecule has 0 aromatic rings. The van der Waals surface area contributed by atoms with E-state index in [4.69, 9.17) is 18.5 Å². The summed E-state index contributed by atoms with van der Waals surface area (Å²) in [6.45, 7) is 4.18. The minimum atomic E-state index is -4.41. The van der Waals surface area contributed by atoms with Gasteiger partial charge in [0.15, 0.2) is 6.10 Å². The molecule has 2 unspecified atom stereocenters. The number of unbranched alkanes of at least 4 members (excludes halogenated alkanes) is 20. The van der Waals surface area contributed by atoms with Gasteiger partial charge in [-0.15, -0.1) is 0 Å². The number of allylic oxidation sites excluding steroid dienone is 28. The predicted molar refractivity (Wildman–Crippen MR) is 380 cm³/mol. The molecule has 0 heterocycles. The number of hydrogen-bond acceptors (Lipinski definition) is 7. The fourth-order valence-corrected chi connectivity index (χ4v) is 9.72. The van der Waals surface area contributed by atoms with E-state index in [1.165, 1.54) is 83.5 Å². The number of carbonyl (C=O) groups is 2. The minimum absolute atomic E-state index is 0.0216. The third-order valence-electron chi connectivity index (χ3n) is 14.2. The van der Waals surface area contributed by atoms with Crippen molar-refractivity contribution in [2.75, 3.05) is 47.5 Å². The van der Waals surface area contributed by atoms with Crippen LogP contribution in [0.1, 0.15) is 258 Å². The standard InChI is InChI=1S/C78H128NO8P/c1-6-8-10-12-14-16-18-20-22-24-26-28-30-31-32-33-34-35-36-37-38-39-40-41-42-43-44-45-46-47-49-51-53-55-57-59-61-63-65-67-69-71-78(81)87-76(75-86-88(82,83)85-73-72-79(3,4)5)74-84-77(80)70-68-66-64-62-60-58-56-54-52-50-48-29-27-25-23-21-19-17-15-13-11-9-7-2/h8-11,14-17,20-23,26-29,31-32,34-35,37-38,40-41,43-44,50,52,76H,6-7,12-13,18-19,24-25,30,33,36,39,42,45-49,51,53-75H2,1-5H3/p+1/b10-8-,11-9-,16-14-,17-15-,22-20-,23-21-,28-26-,29-27-,32-31-,35-34-,38-37-,41-40-,44-43-,52-50-. The van der Waals surface area contributed by atoms with Crippen molar-refractivity contribution in [1.82, 2.24) is 0 Å². The second-order valence-electron chi connectivity index (χ2n) is 23.8. The molecule has 88 heavy (non-hydrogen) atoms. The Balaban J connectivity index is 4.09. The second kappa shape index (κ2) is 66.8. The van der Waals surface area contributed by atoms with Gasteiger partial charge in [-0.2, -0.15) is 0 Å². The molecule has 9 nitrogen and oxygen atoms in total. The molecule has 0 aliphatic carbocycles. The van der Waals surface area contributed by atoms with Gasteiger partial charge in [0, 0.05) is 12.8 Å². The van der Waals surface area contributed by atoms with E-state index in [0.717, 1.165) is 141 Å². The summed E-state index contributed by atoms with van der Waals surface area (Å²) in [5, 5.41) is 0. The molecule has 10 heteroatoms. The van der Waals surface area contributed by atoms with E-state index in [1.54, 1.807) is 0 Å². The SMILES string of the molecule is CC/C=C\C/C=C\C/C=C\C/C=C\C/C=C\C/C=C\C/C=C\C/C=C\C/C=C\CCCCCCCCCCCCCCCC(=O)OC(COC(=O)CCCCCCCCC/C=C\C/C=C\C/C=C\C/C=C\C/C=C\CC)COP(=O)(O)OCC[N+](C)(C)C. The quantitative estimate of drug-likeness (QED) is 0.0211. The molecule has 0 saturated carbocycles. The number of esters is 2. The Morgan fingerprint density at radius 3 is 0.909 bits per heavy atom. The Hall–Kier alpha value is -4.63. The van der Waals surface area contributed by atoms with Crippen LogP contribution in [0.3, 0.4) is 0 Å². The largest absolute Gasteiger partial charge is 0.472 e. The average molecular weight is 1240 g/mol. The molecule has 0 radical (unpaired) electrons. The summed E-state index contributed by atoms with van der Waals surface area (Å²) in [6, 6.07) is 0. The van der Waals surface area contributed by atoms with Gasteiger partial charge in [-0.1, -0.05) is 287 Å². The summed E-state index contributed by atoms with van der Waals surface area (Å²) in [5.74, 6) is -0.819. The fourth-order valence-electron chi connectivity index (χ4n) is 8.98. The van der Waals surface area contributed by atoms with E-state index >= 15 is 0 Å². The number of rotatable bonds is 62. The molecule has 2 atom stereocenters. The first-order chi connectivity index (χ1) is 43.0. The molecule has 0 aromatic carbocycles. The smallest absolute Gasteiger partial charge is 0.462 e. The summed E-state index contributed by atoms with van der Waals surface area (Å²) in [7, 11) is 1.45. The lowest BCUT2D eigenvalue weighted by Gasteiger charge is -2.24. The molecule has 0 amide bonds. The van der Waals surface area contributed by atoms with Crippen molar-refractivity contribution in [3.05, 3.63) is 170 Å². The zero-order valence-corrected chi connectivity index (χ0v) is 57.5. The summed E-state index contributed by atoms with van der Waals surface area (Å²) in [4.78, 5) is 35.9. The Labute approximate surface area is 540 Å². The Kier molecular flexibility index (Phi) is 63.3. The van der Waals surface area contributed by atoms with Crippen LogP contribution in [0.4, 0.5) is 0 Å². The second-order valence-corrected chi connectivity index (χ2v) is 25.3. The van der Waals surface area contributed by atoms with Crippen molar-refractivity contribution in [3.8, 4) is 0 Å². The van der Waals surface area contributed by atoms with Crippen LogP contribution in [0.2, 0.25) is 0 Å². The van der Waals surface area contributed by atoms with Gasteiger partial charge in [0.1, 0.15) is 19.8 Å². The van der Waals surface area contributed by atoms with Gasteiger partial charge < -0.3 is 18.9 Å². The normalized spacial score (nSPS) is 14.2. The van der Waals surface area contributed by atoms with Crippen LogP contribution in [0, 0.1) is 0 Å². The molecule has 1 N–H and O–H groups in total. The van der Waals surface area contributed by atoms with Gasteiger partial charge in [0.25, 0.3) is 0 Å². The van der Waals surface area contributed by atoms with E-state index < -0.39 is 26.5 Å². The predicted octanol–water partition coefficient (Wildman–Crippen LogP) is 22.9. The molecule has 0 aromatic heterocycles. The van der Waals surface area contributed by atoms with Crippen molar-refractivity contribution in [3.63, 3.8) is 0 Å². The monoisotopic (exact) mass is 1240 g/mol. The average Bonchev–Trinajstić information content (AvgIpc) is 3.58. The number of likely N-dealkylation sites (N-methyl/N-ethyl adjacent to an activating group) is 1. The lowest BCUT2D eigenvalue weighted by molar-refractivity contribution is -0.870. The van der Waals surface area contributed by atoms with Gasteiger partial charge >= 0.3 is 19.8 Å². The molecule has 0 aliphatic rings. The van der Waals surface area contributed by atoms with Gasteiger partial charge in [0.05, 0.1) is 27.7 Å². The molecule has 498 valence electrons. The van der Waals surface area contributed by atoms with Crippen LogP contribution < -0.4 is 0 Å². The van der Waals surface area contributed by atoms with Gasteiger partial charge in [0.2, 0.25) is 0 Å². The van der Waals surface area contributed by atoms with Crippen molar-refractivity contribution >= 4 is 19.8 Å². The third-order valence-corrected chi connectivity index (χ3v) is 15.2. The van der Waals surface area contributed by atoms with Gasteiger partial charge in [-0.3, -0.25) is 18.6 Å². The molecule has 0 rings (SSSR count). The number of quaternary nitrogens is 1. The number of ether oxygens (including phenoxy) is 2. The third kappa shape index (κ3) is 70.5. The van der Waals surface area contributed by atoms with E-state index in [1.807, 2.05) is 21.1 Å². The molecule has 0 bridgehead atoms. The van der Waals surface area contributed by atoms with Crippen LogP contribution in [0.5, 0.6) is 0 Å². The molecule has 0 aliphatic heterocycles. The summed E-state index contributed by atoms with van der Waals surface area (Å²) < 4.78 is 34.7. The van der Waals surface area contributed by atoms with Gasteiger partial charge in [-0.25, -0.2) is 4.57 Å². The highest BCUT2D eigenvalue weighted by atomic mass is 31.2. The van der Waals surface area contributed by atoms with E-state index in [0.29, 0.717) is 17.4 Å². The highest BCUT2D eigenvalue weighted by molar-refractivity contribution is 7.47. The number of phosphoric ester groups is 1. The van der Waals surface area contributed by atoms with Crippen LogP contribution in [0.25, 0.3) is 0 Å². The van der Waals surface area contributed by atoms with E-state index in [-0.39, 0.29) is 32.0 Å². The lowest BCUT2D eigenvalue weighted by atomic mass is 10.0. The number of phosphoric acid groups is 1. The van der Waals surface area contributed by atoms with Crippen molar-refractivity contribution in [2.24, 2.45) is 0 Å². The molecule has 0 saturated heterocycles. The lowest BCUT2D eigenvalue weighted by Crippen LogP contribution is -2.37. The minimum Gasteiger partial charge on any atom is -0.462 e. The van der Waals surface area contributed by atoms with Crippen molar-refractivity contribution in [1.29, 1.82) is 0 Å². The molecular formula is C78H129NO8P+. The highest BCUT2D eigenvalue weighted by Crippen LogP contribution is 2.43. The van der Waals surface area contributed by atoms with Crippen molar-refractivity contribution < 1.29 is 42.1 Å². The van der Waals surface area contributed by atoms with Crippen LogP contribution in [-0.2, 0) is 32.7 Å². The molecular weight excluding hydrogens is 1110 g/mol. The summed E-state index contributed by atoms with van der Waals surface area (Å²) >= 11 is 0. The van der Waals surface area contributed by atoms with E-state index in [9.17, 15) is 19.0 Å². The molecule has 0 fully saturated rings. The maximum absolute atomic E-state index is 12.9. The fraction of sp³-hybridized carbons (Fsp3) is 0.615. The van der Waals surface area contributed by atoms with Crippen LogP contribution in [0.15, 0.2) is 170 Å². The zero-order chi connectivity index (χ0) is 64.1. The topological polar surface area (TPSA) is 108 Å². The van der Waals surface area contributed by atoms with Crippen LogP contribution in [-0.4, -0.2) is 74.9 Å². The zero-order valence-electron chi connectivity index (χ0n) is 56.6. The summed E-state index contributed by atoms with van der Waals surface area (Å²) in [6.07, 6.45) is 102. The van der Waals surface area contributed by atoms with E-state index in [2.05, 4.69) is 184 Å². The Morgan fingerprint density at radius 1 is 0.352 bits per heavy atom. The van der Waals surface area contributed by atoms with Gasteiger partial charge in [-0.05, 0) is 128 Å². The maximum Gasteiger partial charge on any atom is 0.472 e. The van der Waals surface area contributed by atoms with Crippen LogP contribution >= 0.6 is 7.82 Å². The first-order valence-electron chi connectivity index (χ1n) is 34.9. The summed E-state index contributed by atoms with van der Waals surface area (Å²) in [5.41, 5.74) is 0. The van der Waals surface area contributed by atoms with Crippen molar-refractivity contribution in [2.45, 2.75) is 264 Å². The Morgan fingerprint density at radius 2 is 0.614 bits per heavy atom. The highest BCUT2D eigenvalue weighted by Gasteiger charge is 2.27. The maximum atomic E-state index is 12.9. The Bertz CT molecular complexity index is 2090. The first-order valence-corrected chi connectivity index (χ1v) is 36.4. The molecule has 0 spiro atoms. The number of hydrogen-bond donors (Lipinski definition) is 1.